The van der Waals surface area contributed by atoms with Crippen LogP contribution in [0.5, 0.6) is 0 Å². The summed E-state index contributed by atoms with van der Waals surface area (Å²) in [4.78, 5) is 10.8. The van der Waals surface area contributed by atoms with Crippen molar-refractivity contribution in [2.45, 2.75) is 188 Å². The molecule has 0 spiro atoms. The molecule has 1 unspecified atom stereocenters. The lowest BCUT2D eigenvalue weighted by atomic mass is 10.1. The van der Waals surface area contributed by atoms with Gasteiger partial charge >= 0.3 is 7.75 Å². The van der Waals surface area contributed by atoms with E-state index in [0.717, 1.165) is 38.5 Å². The molecular weight excluding hydrogens is 477 g/mol. The third-order valence-electron chi connectivity index (χ3n) is 7.65. The molecule has 0 saturated carbocycles. The summed E-state index contributed by atoms with van der Waals surface area (Å²) in [6.07, 6.45) is 32.7. The molecule has 0 aromatic rings. The van der Waals surface area contributed by atoms with Gasteiger partial charge in [-0.05, 0) is 19.3 Å². The molecular formula is C32H68NO3P. The zero-order valence-electron chi connectivity index (χ0n) is 25.7. The fourth-order valence-corrected chi connectivity index (χ4v) is 6.39. The van der Waals surface area contributed by atoms with Gasteiger partial charge in [0.15, 0.2) is 0 Å². The molecule has 1 N–H and O–H groups in total. The van der Waals surface area contributed by atoms with E-state index in [1.807, 2.05) is 0 Å². The molecule has 0 aromatic carbocycles. The van der Waals surface area contributed by atoms with E-state index in [1.165, 1.54) is 128 Å². The van der Waals surface area contributed by atoms with E-state index in [1.54, 1.807) is 4.67 Å². The molecule has 1 atom stereocenters. The molecule has 0 heterocycles. The standard InChI is InChI=1S/C32H68NO3P/c1-4-7-10-13-16-18-20-22-24-27-30-33(31-28-25-23-21-19-17-14-11-8-5-2)37(34,35)36-32-29-26-15-12-9-6-3/h4-32H2,1-3H3,(H,34,35). The van der Waals surface area contributed by atoms with E-state index in [-0.39, 0.29) is 0 Å². The summed E-state index contributed by atoms with van der Waals surface area (Å²) < 4.78 is 20.5. The Hall–Kier alpha value is 0.110. The largest absolute Gasteiger partial charge is 0.405 e. The minimum atomic E-state index is -3.68. The molecule has 0 bridgehead atoms. The van der Waals surface area contributed by atoms with E-state index < -0.39 is 7.75 Å². The number of nitrogens with zero attached hydrogens (tertiary/aromatic N) is 1. The van der Waals surface area contributed by atoms with Crippen molar-refractivity contribution < 1.29 is 14.0 Å². The second-order valence-corrected chi connectivity index (χ2v) is 13.2. The summed E-state index contributed by atoms with van der Waals surface area (Å²) in [5.41, 5.74) is 0. The lowest BCUT2D eigenvalue weighted by Crippen LogP contribution is -2.24. The highest BCUT2D eigenvalue weighted by atomic mass is 31.2. The van der Waals surface area contributed by atoms with Gasteiger partial charge in [-0.15, -0.1) is 0 Å². The molecule has 37 heavy (non-hydrogen) atoms. The van der Waals surface area contributed by atoms with Gasteiger partial charge in [-0.2, -0.15) is 0 Å². The fourth-order valence-electron chi connectivity index (χ4n) is 5.08. The first-order valence-corrected chi connectivity index (χ1v) is 18.3. The Balaban J connectivity index is 4.22. The van der Waals surface area contributed by atoms with Crippen LogP contribution in [0.2, 0.25) is 0 Å². The first-order valence-electron chi connectivity index (χ1n) is 16.8. The van der Waals surface area contributed by atoms with Gasteiger partial charge in [-0.3, -0.25) is 4.52 Å². The van der Waals surface area contributed by atoms with E-state index >= 15 is 0 Å². The van der Waals surface area contributed by atoms with Crippen molar-refractivity contribution in [3.63, 3.8) is 0 Å². The molecule has 0 amide bonds. The molecule has 224 valence electrons. The summed E-state index contributed by atoms with van der Waals surface area (Å²) in [5, 5.41) is 0. The molecule has 0 saturated heterocycles. The van der Waals surface area contributed by atoms with Crippen molar-refractivity contribution in [3.8, 4) is 0 Å². The van der Waals surface area contributed by atoms with E-state index in [0.29, 0.717) is 19.7 Å². The molecule has 0 aliphatic heterocycles. The quantitative estimate of drug-likeness (QED) is 0.0695. The van der Waals surface area contributed by atoms with Crippen LogP contribution in [-0.4, -0.2) is 29.3 Å². The zero-order chi connectivity index (χ0) is 27.3. The van der Waals surface area contributed by atoms with Crippen LogP contribution < -0.4 is 0 Å². The number of rotatable bonds is 31. The second kappa shape index (κ2) is 29.1. The van der Waals surface area contributed by atoms with Gasteiger partial charge in [0.25, 0.3) is 0 Å². The van der Waals surface area contributed by atoms with Crippen LogP contribution in [-0.2, 0) is 9.09 Å². The van der Waals surface area contributed by atoms with E-state index in [9.17, 15) is 9.46 Å². The van der Waals surface area contributed by atoms with Crippen molar-refractivity contribution in [1.82, 2.24) is 4.67 Å². The monoisotopic (exact) mass is 545 g/mol. The summed E-state index contributed by atoms with van der Waals surface area (Å²) in [5.74, 6) is 0. The van der Waals surface area contributed by atoms with Crippen molar-refractivity contribution >= 4 is 7.75 Å². The van der Waals surface area contributed by atoms with Crippen molar-refractivity contribution in [3.05, 3.63) is 0 Å². The van der Waals surface area contributed by atoms with Crippen LogP contribution in [0.25, 0.3) is 0 Å². The Morgan fingerprint density at radius 1 is 0.459 bits per heavy atom. The van der Waals surface area contributed by atoms with Crippen LogP contribution in [0.3, 0.4) is 0 Å². The highest BCUT2D eigenvalue weighted by Crippen LogP contribution is 2.47. The van der Waals surface area contributed by atoms with Crippen LogP contribution >= 0.6 is 7.75 Å². The molecule has 0 fully saturated rings. The van der Waals surface area contributed by atoms with Crippen molar-refractivity contribution in [2.75, 3.05) is 19.7 Å². The third-order valence-corrected chi connectivity index (χ3v) is 9.29. The van der Waals surface area contributed by atoms with Gasteiger partial charge in [-0.1, -0.05) is 168 Å². The van der Waals surface area contributed by atoms with Crippen LogP contribution in [0, 0.1) is 0 Å². The van der Waals surface area contributed by atoms with Gasteiger partial charge < -0.3 is 4.89 Å². The molecule has 0 rings (SSSR count). The third kappa shape index (κ3) is 26.1. The molecule has 0 aromatic heterocycles. The fraction of sp³-hybridized carbons (Fsp3) is 1.00. The number of hydrogen-bond acceptors (Lipinski definition) is 2. The van der Waals surface area contributed by atoms with Gasteiger partial charge in [0.05, 0.1) is 6.61 Å². The molecule has 0 aliphatic rings. The van der Waals surface area contributed by atoms with Gasteiger partial charge in [-0.25, -0.2) is 9.24 Å². The van der Waals surface area contributed by atoms with Crippen LogP contribution in [0.1, 0.15) is 188 Å². The Morgan fingerprint density at radius 3 is 1.05 bits per heavy atom. The predicted octanol–water partition coefficient (Wildman–Crippen LogP) is 11.6. The maximum Gasteiger partial charge on any atom is 0.405 e. The van der Waals surface area contributed by atoms with Crippen molar-refractivity contribution in [2.24, 2.45) is 0 Å². The van der Waals surface area contributed by atoms with Crippen molar-refractivity contribution in [1.29, 1.82) is 0 Å². The summed E-state index contributed by atoms with van der Waals surface area (Å²) in [7, 11) is -3.68. The Bertz CT molecular complexity index is 465. The number of hydrogen-bond donors (Lipinski definition) is 1. The minimum Gasteiger partial charge on any atom is -0.312 e. The average molecular weight is 546 g/mol. The van der Waals surface area contributed by atoms with E-state index in [4.69, 9.17) is 4.52 Å². The van der Waals surface area contributed by atoms with E-state index in [2.05, 4.69) is 20.8 Å². The highest BCUT2D eigenvalue weighted by molar-refractivity contribution is 7.50. The average Bonchev–Trinajstić information content (AvgIpc) is 2.88. The summed E-state index contributed by atoms with van der Waals surface area (Å²) >= 11 is 0. The normalized spacial score (nSPS) is 13.4. The Morgan fingerprint density at radius 2 is 0.730 bits per heavy atom. The first-order chi connectivity index (χ1) is 18.1. The van der Waals surface area contributed by atoms with Gasteiger partial charge in [0.2, 0.25) is 0 Å². The van der Waals surface area contributed by atoms with Gasteiger partial charge in [0, 0.05) is 13.1 Å². The highest BCUT2D eigenvalue weighted by Gasteiger charge is 2.28. The molecule has 5 heteroatoms. The Kier molecular flexibility index (Phi) is 29.2. The minimum absolute atomic E-state index is 0.409. The summed E-state index contributed by atoms with van der Waals surface area (Å²) in [6, 6.07) is 0. The second-order valence-electron chi connectivity index (χ2n) is 11.4. The van der Waals surface area contributed by atoms with Crippen LogP contribution in [0.15, 0.2) is 0 Å². The lowest BCUT2D eigenvalue weighted by Gasteiger charge is -2.26. The Labute approximate surface area is 233 Å². The number of unbranched alkanes of at least 4 members (excludes halogenated alkanes) is 23. The SMILES string of the molecule is CCCCCCCCCCCCN(CCCCCCCCCCCC)P(=O)(O)OCCCCCCCC. The smallest absolute Gasteiger partial charge is 0.312 e. The first kappa shape index (κ1) is 37.1. The molecule has 4 nitrogen and oxygen atoms in total. The molecule has 0 radical (unpaired) electrons. The molecule has 0 aliphatic carbocycles. The zero-order valence-corrected chi connectivity index (χ0v) is 26.6. The summed E-state index contributed by atoms with van der Waals surface area (Å²) in [6.45, 7) is 8.56. The topological polar surface area (TPSA) is 49.8 Å². The predicted molar refractivity (Wildman–Crippen MR) is 164 cm³/mol. The maximum atomic E-state index is 13.1. The van der Waals surface area contributed by atoms with Gasteiger partial charge in [0.1, 0.15) is 0 Å². The van der Waals surface area contributed by atoms with Crippen LogP contribution in [0.4, 0.5) is 0 Å². The lowest BCUT2D eigenvalue weighted by molar-refractivity contribution is 0.194. The maximum absolute atomic E-state index is 13.1.